The molecule has 0 N–H and O–H groups in total. The third-order valence-corrected chi connectivity index (χ3v) is 5.16. The van der Waals surface area contributed by atoms with Crippen molar-refractivity contribution < 1.29 is 23.9 Å². The van der Waals surface area contributed by atoms with Crippen LogP contribution in [0.1, 0.15) is 19.4 Å². The molecule has 172 valence electrons. The third kappa shape index (κ3) is 4.41. The van der Waals surface area contributed by atoms with Crippen molar-refractivity contribution in [1.29, 1.82) is 0 Å². The fraction of sp³-hybridized carbons (Fsp3) is 0.148. The molecule has 1 aliphatic rings. The minimum atomic E-state index is -0.730. The van der Waals surface area contributed by atoms with E-state index in [1.165, 1.54) is 6.08 Å². The van der Waals surface area contributed by atoms with Crippen molar-refractivity contribution in [2.75, 3.05) is 23.0 Å². The summed E-state index contributed by atoms with van der Waals surface area (Å²) in [6, 6.07) is 21.5. The molecule has 4 rings (SSSR count). The highest BCUT2D eigenvalue weighted by Gasteiger charge is 2.43. The standard InChI is InChI=1S/C27H24N2O5/c1-3-33-23-16-15-19(18-24(23)34-4-2)17-22-25(30)28(20-11-7-5-8-12-20)27(32)29(26(22)31)21-13-9-6-10-14-21/h5-18H,3-4H2,1-2H3. The quantitative estimate of drug-likeness (QED) is 0.367. The van der Waals surface area contributed by atoms with Crippen molar-refractivity contribution in [1.82, 2.24) is 0 Å². The van der Waals surface area contributed by atoms with E-state index in [1.54, 1.807) is 78.9 Å². The Balaban J connectivity index is 1.83. The molecule has 1 aliphatic heterocycles. The Morgan fingerprint density at radius 1 is 0.676 bits per heavy atom. The first-order valence-electron chi connectivity index (χ1n) is 11.0. The topological polar surface area (TPSA) is 76.2 Å². The van der Waals surface area contributed by atoms with Crippen molar-refractivity contribution in [3.63, 3.8) is 0 Å². The minimum absolute atomic E-state index is 0.140. The SMILES string of the molecule is CCOc1ccc(C=C2C(=O)N(c3ccccc3)C(=O)N(c3ccccc3)C2=O)cc1OCC. The Morgan fingerprint density at radius 3 is 1.68 bits per heavy atom. The number of ether oxygens (including phenoxy) is 2. The van der Waals surface area contributed by atoms with Crippen LogP contribution in [-0.4, -0.2) is 31.1 Å². The summed E-state index contributed by atoms with van der Waals surface area (Å²) in [7, 11) is 0. The van der Waals surface area contributed by atoms with Gasteiger partial charge in [0.25, 0.3) is 11.8 Å². The molecule has 0 bridgehead atoms. The highest BCUT2D eigenvalue weighted by atomic mass is 16.5. The Morgan fingerprint density at radius 2 is 1.18 bits per heavy atom. The lowest BCUT2D eigenvalue weighted by molar-refractivity contribution is -0.121. The molecule has 34 heavy (non-hydrogen) atoms. The first-order valence-corrected chi connectivity index (χ1v) is 11.0. The molecule has 0 atom stereocenters. The van der Waals surface area contributed by atoms with Gasteiger partial charge in [0, 0.05) is 0 Å². The van der Waals surface area contributed by atoms with Crippen LogP contribution in [0.5, 0.6) is 11.5 Å². The Hall–Kier alpha value is -4.39. The van der Waals surface area contributed by atoms with E-state index in [9.17, 15) is 14.4 Å². The Bertz CT molecular complexity index is 1170. The first kappa shape index (κ1) is 22.8. The van der Waals surface area contributed by atoms with E-state index in [-0.39, 0.29) is 5.57 Å². The van der Waals surface area contributed by atoms with Crippen LogP contribution < -0.4 is 19.3 Å². The Kier molecular flexibility index (Phi) is 6.73. The number of hydrogen-bond donors (Lipinski definition) is 0. The van der Waals surface area contributed by atoms with Gasteiger partial charge in [0.2, 0.25) is 0 Å². The molecule has 7 nitrogen and oxygen atoms in total. The van der Waals surface area contributed by atoms with Gasteiger partial charge in [-0.2, -0.15) is 0 Å². The third-order valence-electron chi connectivity index (χ3n) is 5.16. The fourth-order valence-corrected chi connectivity index (χ4v) is 3.66. The highest BCUT2D eigenvalue weighted by Crippen LogP contribution is 2.32. The maximum Gasteiger partial charge on any atom is 0.343 e. The molecule has 0 aliphatic carbocycles. The van der Waals surface area contributed by atoms with E-state index in [1.807, 2.05) is 13.8 Å². The number of amides is 4. The van der Waals surface area contributed by atoms with Crippen LogP contribution in [0.4, 0.5) is 16.2 Å². The number of imide groups is 2. The van der Waals surface area contributed by atoms with Crippen LogP contribution in [-0.2, 0) is 9.59 Å². The van der Waals surface area contributed by atoms with Gasteiger partial charge in [-0.25, -0.2) is 14.6 Å². The molecule has 3 aromatic carbocycles. The highest BCUT2D eigenvalue weighted by molar-refractivity contribution is 6.46. The van der Waals surface area contributed by atoms with Gasteiger partial charge < -0.3 is 9.47 Å². The van der Waals surface area contributed by atoms with Gasteiger partial charge in [-0.15, -0.1) is 0 Å². The molecular weight excluding hydrogens is 432 g/mol. The van der Waals surface area contributed by atoms with Gasteiger partial charge in [0.05, 0.1) is 24.6 Å². The summed E-state index contributed by atoms with van der Waals surface area (Å²) >= 11 is 0. The summed E-state index contributed by atoms with van der Waals surface area (Å²) < 4.78 is 11.3. The van der Waals surface area contributed by atoms with Crippen LogP contribution in [0.25, 0.3) is 6.08 Å². The molecule has 4 amide bonds. The number of urea groups is 1. The molecule has 1 fully saturated rings. The second-order valence-corrected chi connectivity index (χ2v) is 7.37. The van der Waals surface area contributed by atoms with Crippen molar-refractivity contribution in [3.05, 3.63) is 90.0 Å². The van der Waals surface area contributed by atoms with Gasteiger partial charge in [0.1, 0.15) is 5.57 Å². The summed E-state index contributed by atoms with van der Waals surface area (Å²) in [4.78, 5) is 42.3. The predicted octanol–water partition coefficient (Wildman–Crippen LogP) is 5.07. The number of rotatable bonds is 7. The van der Waals surface area contributed by atoms with Crippen molar-refractivity contribution in [2.24, 2.45) is 0 Å². The second kappa shape index (κ2) is 10.0. The summed E-state index contributed by atoms with van der Waals surface area (Å²) in [6.45, 7) is 4.63. The summed E-state index contributed by atoms with van der Waals surface area (Å²) in [6.07, 6.45) is 1.47. The normalized spacial score (nSPS) is 13.8. The number of carbonyl (C=O) groups is 3. The number of anilines is 2. The maximum atomic E-state index is 13.4. The lowest BCUT2D eigenvalue weighted by Gasteiger charge is -2.33. The van der Waals surface area contributed by atoms with Gasteiger partial charge in [-0.05, 0) is 61.9 Å². The number of hydrogen-bond acceptors (Lipinski definition) is 5. The monoisotopic (exact) mass is 456 g/mol. The smallest absolute Gasteiger partial charge is 0.343 e. The summed E-state index contributed by atoms with van der Waals surface area (Å²) in [5.74, 6) is -0.314. The van der Waals surface area contributed by atoms with Crippen LogP contribution in [0, 0.1) is 0 Å². The lowest BCUT2D eigenvalue weighted by Crippen LogP contribution is -2.57. The van der Waals surface area contributed by atoms with E-state index >= 15 is 0 Å². The minimum Gasteiger partial charge on any atom is -0.490 e. The van der Waals surface area contributed by atoms with Crippen LogP contribution >= 0.6 is 0 Å². The summed E-state index contributed by atoms with van der Waals surface area (Å²) in [5.41, 5.74) is 1.18. The van der Waals surface area contributed by atoms with Crippen molar-refractivity contribution in [3.8, 4) is 11.5 Å². The zero-order chi connectivity index (χ0) is 24.1. The second-order valence-electron chi connectivity index (χ2n) is 7.37. The largest absolute Gasteiger partial charge is 0.490 e. The predicted molar refractivity (Wildman–Crippen MR) is 130 cm³/mol. The van der Waals surface area contributed by atoms with Crippen LogP contribution in [0.15, 0.2) is 84.4 Å². The first-order chi connectivity index (χ1) is 16.5. The molecule has 7 heteroatoms. The van der Waals surface area contributed by atoms with Gasteiger partial charge in [-0.1, -0.05) is 42.5 Å². The number of para-hydroxylation sites is 2. The van der Waals surface area contributed by atoms with Gasteiger partial charge >= 0.3 is 6.03 Å². The molecule has 3 aromatic rings. The number of nitrogens with zero attached hydrogens (tertiary/aromatic N) is 2. The van der Waals surface area contributed by atoms with Gasteiger partial charge in [-0.3, -0.25) is 9.59 Å². The average Bonchev–Trinajstić information content (AvgIpc) is 2.85. The van der Waals surface area contributed by atoms with E-state index < -0.39 is 17.8 Å². The van der Waals surface area contributed by atoms with Crippen molar-refractivity contribution >= 4 is 35.3 Å². The maximum absolute atomic E-state index is 13.4. The van der Waals surface area contributed by atoms with E-state index in [4.69, 9.17) is 9.47 Å². The lowest BCUT2D eigenvalue weighted by atomic mass is 10.0. The van der Waals surface area contributed by atoms with Crippen molar-refractivity contribution in [2.45, 2.75) is 13.8 Å². The molecule has 0 aromatic heterocycles. The van der Waals surface area contributed by atoms with E-state index in [0.29, 0.717) is 41.7 Å². The molecule has 0 radical (unpaired) electrons. The zero-order valence-corrected chi connectivity index (χ0v) is 18.9. The average molecular weight is 456 g/mol. The molecule has 1 heterocycles. The van der Waals surface area contributed by atoms with Crippen LogP contribution in [0.2, 0.25) is 0 Å². The molecule has 0 saturated carbocycles. The molecule has 1 saturated heterocycles. The summed E-state index contributed by atoms with van der Waals surface area (Å²) in [5, 5.41) is 0. The number of carbonyl (C=O) groups excluding carboxylic acids is 3. The zero-order valence-electron chi connectivity index (χ0n) is 18.9. The molecule has 0 unspecified atom stereocenters. The fourth-order valence-electron chi connectivity index (χ4n) is 3.66. The number of barbiturate groups is 1. The number of benzene rings is 3. The molecule has 0 spiro atoms. The van der Waals surface area contributed by atoms with Crippen LogP contribution in [0.3, 0.4) is 0 Å². The van der Waals surface area contributed by atoms with E-state index in [2.05, 4.69) is 0 Å². The molecular formula is C27H24N2O5. The Labute approximate surface area is 197 Å². The van der Waals surface area contributed by atoms with E-state index in [0.717, 1.165) is 9.80 Å². The van der Waals surface area contributed by atoms with Gasteiger partial charge in [0.15, 0.2) is 11.5 Å².